The second-order valence-electron chi connectivity index (χ2n) is 5.34. The van der Waals surface area contributed by atoms with Crippen LogP contribution in [0.25, 0.3) is 0 Å². The monoisotopic (exact) mass is 300 g/mol. The predicted octanol–water partition coefficient (Wildman–Crippen LogP) is 2.89. The molecular formula is C15H19F3N2O. The molecule has 1 unspecified atom stereocenters. The Hall–Kier alpha value is -1.56. The van der Waals surface area contributed by atoms with Crippen molar-refractivity contribution in [3.8, 4) is 0 Å². The average Bonchev–Trinajstić information content (AvgIpc) is 2.92. The first-order chi connectivity index (χ1) is 9.83. The summed E-state index contributed by atoms with van der Waals surface area (Å²) in [7, 11) is 0. The second-order valence-corrected chi connectivity index (χ2v) is 5.34. The van der Waals surface area contributed by atoms with E-state index in [0.29, 0.717) is 5.69 Å². The number of carbonyl (C=O) groups excluding carboxylic acids is 1. The molecule has 1 N–H and O–H groups in total. The molecule has 1 atom stereocenters. The number of halogens is 3. The predicted molar refractivity (Wildman–Crippen MR) is 75.2 cm³/mol. The summed E-state index contributed by atoms with van der Waals surface area (Å²) >= 11 is 0. The van der Waals surface area contributed by atoms with Crippen LogP contribution in [0.3, 0.4) is 0 Å². The van der Waals surface area contributed by atoms with E-state index in [2.05, 4.69) is 5.32 Å². The van der Waals surface area contributed by atoms with E-state index in [1.807, 2.05) is 0 Å². The molecule has 1 aromatic rings. The number of alkyl halides is 3. The van der Waals surface area contributed by atoms with Gasteiger partial charge in [0.2, 0.25) is 5.91 Å². The Morgan fingerprint density at radius 3 is 2.52 bits per heavy atom. The number of hydrogen-bond donors (Lipinski definition) is 1. The van der Waals surface area contributed by atoms with Crippen molar-refractivity contribution in [3.63, 3.8) is 0 Å². The van der Waals surface area contributed by atoms with Crippen molar-refractivity contribution in [2.45, 2.75) is 26.4 Å². The first-order valence-corrected chi connectivity index (χ1v) is 6.98. The van der Waals surface area contributed by atoms with Gasteiger partial charge in [-0.2, -0.15) is 13.2 Å². The molecule has 1 amide bonds. The van der Waals surface area contributed by atoms with Crippen LogP contribution in [-0.4, -0.2) is 31.7 Å². The zero-order valence-corrected chi connectivity index (χ0v) is 12.1. The molecule has 1 fully saturated rings. The number of amides is 1. The van der Waals surface area contributed by atoms with Crippen LogP contribution in [0.5, 0.6) is 0 Å². The summed E-state index contributed by atoms with van der Waals surface area (Å²) in [6, 6.07) is 7.00. The highest BCUT2D eigenvalue weighted by Gasteiger charge is 2.62. The van der Waals surface area contributed by atoms with Gasteiger partial charge in [0.15, 0.2) is 5.41 Å². The zero-order chi connectivity index (χ0) is 15.7. The summed E-state index contributed by atoms with van der Waals surface area (Å²) in [6.07, 6.45) is -4.76. The van der Waals surface area contributed by atoms with E-state index < -0.39 is 17.5 Å². The third-order valence-electron chi connectivity index (χ3n) is 4.07. The standard InChI is InChI=1S/C15H19F3N2O/c1-3-20(12-7-5-4-6-11(12)2)13(21)14(15(16,17)18)8-9-19-10-14/h4-7,19H,3,8-10H2,1-2H3. The molecule has 1 aromatic carbocycles. The highest BCUT2D eigenvalue weighted by atomic mass is 19.4. The van der Waals surface area contributed by atoms with E-state index in [-0.39, 0.29) is 26.1 Å². The van der Waals surface area contributed by atoms with Crippen LogP contribution in [0.15, 0.2) is 24.3 Å². The summed E-state index contributed by atoms with van der Waals surface area (Å²) in [6.45, 7) is 3.55. The highest BCUT2D eigenvalue weighted by Crippen LogP contribution is 2.45. The lowest BCUT2D eigenvalue weighted by atomic mass is 9.84. The lowest BCUT2D eigenvalue weighted by molar-refractivity contribution is -0.214. The third kappa shape index (κ3) is 2.64. The van der Waals surface area contributed by atoms with Gasteiger partial charge in [-0.05, 0) is 38.4 Å². The van der Waals surface area contributed by atoms with E-state index in [9.17, 15) is 18.0 Å². The van der Waals surface area contributed by atoms with Crippen LogP contribution >= 0.6 is 0 Å². The van der Waals surface area contributed by atoms with Crippen molar-refractivity contribution < 1.29 is 18.0 Å². The number of aryl methyl sites for hydroxylation is 1. The van der Waals surface area contributed by atoms with Gasteiger partial charge in [0.05, 0.1) is 0 Å². The Balaban J connectivity index is 2.42. The number of rotatable bonds is 3. The van der Waals surface area contributed by atoms with Crippen LogP contribution in [0.2, 0.25) is 0 Å². The number of anilines is 1. The second kappa shape index (κ2) is 5.67. The van der Waals surface area contributed by atoms with Crippen LogP contribution < -0.4 is 10.2 Å². The van der Waals surface area contributed by atoms with Gasteiger partial charge in [-0.3, -0.25) is 4.79 Å². The molecular weight excluding hydrogens is 281 g/mol. The van der Waals surface area contributed by atoms with E-state index in [1.54, 1.807) is 38.1 Å². The smallest absolute Gasteiger partial charge is 0.315 e. The molecule has 6 heteroatoms. The summed E-state index contributed by atoms with van der Waals surface area (Å²) in [4.78, 5) is 13.9. The summed E-state index contributed by atoms with van der Waals surface area (Å²) in [5, 5.41) is 2.68. The van der Waals surface area contributed by atoms with Gasteiger partial charge in [-0.1, -0.05) is 18.2 Å². The number of benzene rings is 1. The van der Waals surface area contributed by atoms with Gasteiger partial charge in [0.25, 0.3) is 0 Å². The minimum Gasteiger partial charge on any atom is -0.315 e. The lowest BCUT2D eigenvalue weighted by Crippen LogP contribution is -2.54. The highest BCUT2D eigenvalue weighted by molar-refractivity contribution is 5.99. The Labute approximate surface area is 122 Å². The Morgan fingerprint density at radius 2 is 2.05 bits per heavy atom. The van der Waals surface area contributed by atoms with Gasteiger partial charge in [0.1, 0.15) is 0 Å². The molecule has 1 saturated heterocycles. The van der Waals surface area contributed by atoms with E-state index in [0.717, 1.165) is 5.56 Å². The maximum atomic E-state index is 13.5. The van der Waals surface area contributed by atoms with Crippen LogP contribution in [0, 0.1) is 12.3 Å². The summed E-state index contributed by atoms with van der Waals surface area (Å²) in [5.41, 5.74) is -0.984. The van der Waals surface area contributed by atoms with Gasteiger partial charge in [0, 0.05) is 18.8 Å². The number of nitrogens with zero attached hydrogens (tertiary/aromatic N) is 1. The Bertz CT molecular complexity index is 522. The minimum absolute atomic E-state index is 0.205. The summed E-state index contributed by atoms with van der Waals surface area (Å²) < 4.78 is 40.5. The van der Waals surface area contributed by atoms with Crippen molar-refractivity contribution >= 4 is 11.6 Å². The summed E-state index contributed by atoms with van der Waals surface area (Å²) in [5.74, 6) is -0.864. The molecule has 0 radical (unpaired) electrons. The lowest BCUT2D eigenvalue weighted by Gasteiger charge is -2.35. The normalized spacial score (nSPS) is 22.3. The van der Waals surface area contributed by atoms with Gasteiger partial charge in [-0.25, -0.2) is 0 Å². The third-order valence-corrected chi connectivity index (χ3v) is 4.07. The number of hydrogen-bond acceptors (Lipinski definition) is 2. The molecule has 21 heavy (non-hydrogen) atoms. The first-order valence-electron chi connectivity index (χ1n) is 6.98. The molecule has 2 rings (SSSR count). The fourth-order valence-corrected chi connectivity index (χ4v) is 2.79. The van der Waals surface area contributed by atoms with E-state index in [1.165, 1.54) is 4.90 Å². The van der Waals surface area contributed by atoms with Gasteiger partial charge in [-0.15, -0.1) is 0 Å². The van der Waals surface area contributed by atoms with Crippen LogP contribution in [0.1, 0.15) is 18.9 Å². The van der Waals surface area contributed by atoms with Crippen LogP contribution in [0.4, 0.5) is 18.9 Å². The molecule has 1 aliphatic heterocycles. The number of nitrogens with one attached hydrogen (secondary N) is 1. The fraction of sp³-hybridized carbons (Fsp3) is 0.533. The molecule has 0 aromatic heterocycles. The average molecular weight is 300 g/mol. The molecule has 0 saturated carbocycles. The SMILES string of the molecule is CCN(C(=O)C1(C(F)(F)F)CCNC1)c1ccccc1C. The Kier molecular flexibility index (Phi) is 4.27. The largest absolute Gasteiger partial charge is 0.404 e. The number of para-hydroxylation sites is 1. The quantitative estimate of drug-likeness (QED) is 0.931. The van der Waals surface area contributed by atoms with Crippen molar-refractivity contribution in [1.29, 1.82) is 0 Å². The molecule has 116 valence electrons. The zero-order valence-electron chi connectivity index (χ0n) is 12.1. The molecule has 1 aliphatic rings. The molecule has 3 nitrogen and oxygen atoms in total. The topological polar surface area (TPSA) is 32.3 Å². The fourth-order valence-electron chi connectivity index (χ4n) is 2.79. The first kappa shape index (κ1) is 15.8. The maximum absolute atomic E-state index is 13.5. The van der Waals surface area contributed by atoms with Crippen LogP contribution in [-0.2, 0) is 4.79 Å². The molecule has 0 spiro atoms. The maximum Gasteiger partial charge on any atom is 0.404 e. The number of carbonyl (C=O) groups is 1. The van der Waals surface area contributed by atoms with Gasteiger partial charge >= 0.3 is 6.18 Å². The van der Waals surface area contributed by atoms with Gasteiger partial charge < -0.3 is 10.2 Å². The molecule has 0 bridgehead atoms. The van der Waals surface area contributed by atoms with Crippen molar-refractivity contribution in [2.75, 3.05) is 24.5 Å². The van der Waals surface area contributed by atoms with E-state index >= 15 is 0 Å². The molecule has 1 heterocycles. The van der Waals surface area contributed by atoms with E-state index in [4.69, 9.17) is 0 Å². The minimum atomic E-state index is -4.55. The Morgan fingerprint density at radius 1 is 1.38 bits per heavy atom. The van der Waals surface area contributed by atoms with Crippen molar-refractivity contribution in [3.05, 3.63) is 29.8 Å². The van der Waals surface area contributed by atoms with Crippen molar-refractivity contribution in [1.82, 2.24) is 5.32 Å². The van der Waals surface area contributed by atoms with Crippen molar-refractivity contribution in [2.24, 2.45) is 5.41 Å². The molecule has 0 aliphatic carbocycles.